The highest BCUT2D eigenvalue weighted by Crippen LogP contribution is 2.28. The number of aromatic nitrogens is 3. The normalized spacial score (nSPS) is 18.3. The zero-order valence-electron chi connectivity index (χ0n) is 13.0. The second-order valence-electron chi connectivity index (χ2n) is 5.90. The molecule has 0 bridgehead atoms. The van der Waals surface area contributed by atoms with E-state index in [1.807, 2.05) is 18.2 Å². The van der Waals surface area contributed by atoms with Gasteiger partial charge in [-0.05, 0) is 31.0 Å². The maximum Gasteiger partial charge on any atom is 0.272 e. The summed E-state index contributed by atoms with van der Waals surface area (Å²) in [5, 5.41) is 7.12. The molecule has 2 aromatic rings. The first-order valence-electron chi connectivity index (χ1n) is 7.57. The SMILES string of the molecule is CN(C)C(=O)c1cc(N2CCCC(c3ccn[nH]3)C2)ccn1. The Labute approximate surface area is 130 Å². The van der Waals surface area contributed by atoms with Crippen molar-refractivity contribution in [3.63, 3.8) is 0 Å². The molecular weight excluding hydrogens is 278 g/mol. The number of piperidine rings is 1. The Hall–Kier alpha value is -2.37. The summed E-state index contributed by atoms with van der Waals surface area (Å²) in [5.41, 5.74) is 2.74. The average Bonchev–Trinajstić information content (AvgIpc) is 3.09. The van der Waals surface area contributed by atoms with E-state index < -0.39 is 0 Å². The highest BCUT2D eigenvalue weighted by Gasteiger charge is 2.23. The predicted molar refractivity (Wildman–Crippen MR) is 85.0 cm³/mol. The molecule has 1 unspecified atom stereocenters. The summed E-state index contributed by atoms with van der Waals surface area (Å²) in [6.07, 6.45) is 5.80. The van der Waals surface area contributed by atoms with E-state index in [0.29, 0.717) is 11.6 Å². The van der Waals surface area contributed by atoms with Gasteiger partial charge in [-0.3, -0.25) is 14.9 Å². The maximum absolute atomic E-state index is 12.1. The fourth-order valence-electron chi connectivity index (χ4n) is 2.92. The van der Waals surface area contributed by atoms with E-state index in [1.54, 1.807) is 31.4 Å². The van der Waals surface area contributed by atoms with Crippen LogP contribution in [0.15, 0.2) is 30.6 Å². The number of carbonyl (C=O) groups is 1. The molecule has 3 heterocycles. The molecule has 3 rings (SSSR count). The number of H-pyrrole nitrogens is 1. The molecule has 0 saturated carbocycles. The van der Waals surface area contributed by atoms with E-state index in [9.17, 15) is 4.79 Å². The molecule has 1 fully saturated rings. The van der Waals surface area contributed by atoms with Crippen LogP contribution in [0.25, 0.3) is 0 Å². The van der Waals surface area contributed by atoms with Crippen LogP contribution in [-0.2, 0) is 0 Å². The van der Waals surface area contributed by atoms with Gasteiger partial charge in [0, 0.05) is 56.9 Å². The van der Waals surface area contributed by atoms with Gasteiger partial charge in [0.15, 0.2) is 0 Å². The van der Waals surface area contributed by atoms with Crippen molar-refractivity contribution in [2.24, 2.45) is 0 Å². The van der Waals surface area contributed by atoms with Gasteiger partial charge >= 0.3 is 0 Å². The van der Waals surface area contributed by atoms with Gasteiger partial charge in [0.25, 0.3) is 5.91 Å². The average molecular weight is 299 g/mol. The zero-order chi connectivity index (χ0) is 15.5. The van der Waals surface area contributed by atoms with Crippen molar-refractivity contribution in [2.45, 2.75) is 18.8 Å². The number of hydrogen-bond acceptors (Lipinski definition) is 4. The highest BCUT2D eigenvalue weighted by atomic mass is 16.2. The molecule has 2 aromatic heterocycles. The van der Waals surface area contributed by atoms with E-state index in [4.69, 9.17) is 0 Å². The fourth-order valence-corrected chi connectivity index (χ4v) is 2.92. The van der Waals surface area contributed by atoms with Gasteiger partial charge in [-0.2, -0.15) is 5.10 Å². The monoisotopic (exact) mass is 299 g/mol. The lowest BCUT2D eigenvalue weighted by Crippen LogP contribution is -2.34. The van der Waals surface area contributed by atoms with Crippen LogP contribution in [0, 0.1) is 0 Å². The second kappa shape index (κ2) is 6.17. The Balaban J connectivity index is 1.79. The topological polar surface area (TPSA) is 65.1 Å². The Morgan fingerprint density at radius 1 is 1.36 bits per heavy atom. The number of anilines is 1. The van der Waals surface area contributed by atoms with Gasteiger partial charge in [0.2, 0.25) is 0 Å². The first kappa shape index (κ1) is 14.6. The molecule has 1 aliphatic rings. The third kappa shape index (κ3) is 2.95. The molecular formula is C16H21N5O. The van der Waals surface area contributed by atoms with E-state index in [-0.39, 0.29) is 5.91 Å². The van der Waals surface area contributed by atoms with Gasteiger partial charge in [-0.15, -0.1) is 0 Å². The minimum atomic E-state index is -0.0658. The fraction of sp³-hybridized carbons (Fsp3) is 0.438. The lowest BCUT2D eigenvalue weighted by Gasteiger charge is -2.34. The van der Waals surface area contributed by atoms with Gasteiger partial charge in [0.05, 0.1) is 0 Å². The molecule has 0 spiro atoms. The minimum absolute atomic E-state index is 0.0658. The standard InChI is InChI=1S/C16H21N5O/c1-20(2)16(22)15-10-13(5-7-17-15)21-9-3-4-12(11-21)14-6-8-18-19-14/h5-8,10,12H,3-4,9,11H2,1-2H3,(H,18,19). The van der Waals surface area contributed by atoms with Crippen molar-refractivity contribution in [3.8, 4) is 0 Å². The van der Waals surface area contributed by atoms with E-state index in [0.717, 1.165) is 31.6 Å². The Kier molecular flexibility index (Phi) is 4.09. The number of amides is 1. The Morgan fingerprint density at radius 3 is 2.95 bits per heavy atom. The number of aromatic amines is 1. The van der Waals surface area contributed by atoms with Gasteiger partial charge in [0.1, 0.15) is 5.69 Å². The molecule has 1 N–H and O–H groups in total. The molecule has 22 heavy (non-hydrogen) atoms. The van der Waals surface area contributed by atoms with Crippen LogP contribution in [0.1, 0.15) is 34.9 Å². The summed E-state index contributed by atoms with van der Waals surface area (Å²) in [4.78, 5) is 20.1. The van der Waals surface area contributed by atoms with Crippen molar-refractivity contribution < 1.29 is 4.79 Å². The highest BCUT2D eigenvalue weighted by molar-refractivity contribution is 5.92. The van der Waals surface area contributed by atoms with Gasteiger partial charge in [-0.25, -0.2) is 0 Å². The summed E-state index contributed by atoms with van der Waals surface area (Å²) in [7, 11) is 3.48. The van der Waals surface area contributed by atoms with Crippen molar-refractivity contribution in [1.82, 2.24) is 20.1 Å². The lowest BCUT2D eigenvalue weighted by atomic mass is 9.94. The molecule has 0 radical (unpaired) electrons. The lowest BCUT2D eigenvalue weighted by molar-refractivity contribution is 0.0822. The van der Waals surface area contributed by atoms with Crippen LogP contribution in [0.4, 0.5) is 5.69 Å². The van der Waals surface area contributed by atoms with Gasteiger partial charge < -0.3 is 9.80 Å². The molecule has 1 saturated heterocycles. The van der Waals surface area contributed by atoms with Crippen LogP contribution < -0.4 is 4.90 Å². The van der Waals surface area contributed by atoms with Crippen LogP contribution in [0.5, 0.6) is 0 Å². The van der Waals surface area contributed by atoms with Crippen LogP contribution in [-0.4, -0.2) is 53.2 Å². The number of hydrogen-bond donors (Lipinski definition) is 1. The summed E-state index contributed by atoms with van der Waals surface area (Å²) in [6.45, 7) is 1.94. The third-order valence-electron chi connectivity index (χ3n) is 4.12. The second-order valence-corrected chi connectivity index (χ2v) is 5.90. The smallest absolute Gasteiger partial charge is 0.272 e. The van der Waals surface area contributed by atoms with E-state index in [2.05, 4.69) is 20.1 Å². The van der Waals surface area contributed by atoms with Crippen LogP contribution in [0.3, 0.4) is 0 Å². The van der Waals surface area contributed by atoms with Crippen molar-refractivity contribution in [1.29, 1.82) is 0 Å². The Morgan fingerprint density at radius 2 is 2.23 bits per heavy atom. The molecule has 1 amide bonds. The Bertz CT molecular complexity index is 638. The van der Waals surface area contributed by atoms with Crippen molar-refractivity contribution in [3.05, 3.63) is 42.0 Å². The first-order chi connectivity index (χ1) is 10.6. The minimum Gasteiger partial charge on any atom is -0.371 e. The van der Waals surface area contributed by atoms with E-state index in [1.165, 1.54) is 5.69 Å². The molecule has 6 heteroatoms. The molecule has 116 valence electrons. The largest absolute Gasteiger partial charge is 0.371 e. The maximum atomic E-state index is 12.1. The summed E-state index contributed by atoms with van der Waals surface area (Å²) < 4.78 is 0. The summed E-state index contributed by atoms with van der Waals surface area (Å²) in [5.74, 6) is 0.390. The summed E-state index contributed by atoms with van der Waals surface area (Å²) in [6, 6.07) is 5.90. The van der Waals surface area contributed by atoms with E-state index >= 15 is 0 Å². The molecule has 0 aliphatic carbocycles. The first-order valence-corrected chi connectivity index (χ1v) is 7.57. The number of rotatable bonds is 3. The van der Waals surface area contributed by atoms with Gasteiger partial charge in [-0.1, -0.05) is 0 Å². The number of nitrogens with zero attached hydrogens (tertiary/aromatic N) is 4. The molecule has 1 aliphatic heterocycles. The zero-order valence-corrected chi connectivity index (χ0v) is 13.0. The van der Waals surface area contributed by atoms with Crippen molar-refractivity contribution in [2.75, 3.05) is 32.1 Å². The number of nitrogens with one attached hydrogen (secondary N) is 1. The molecule has 1 atom stereocenters. The summed E-state index contributed by atoms with van der Waals surface area (Å²) >= 11 is 0. The number of carbonyl (C=O) groups excluding carboxylic acids is 1. The van der Waals surface area contributed by atoms with Crippen LogP contribution >= 0.6 is 0 Å². The van der Waals surface area contributed by atoms with Crippen LogP contribution in [0.2, 0.25) is 0 Å². The predicted octanol–water partition coefficient (Wildman–Crippen LogP) is 1.89. The molecule has 6 nitrogen and oxygen atoms in total. The molecule has 0 aromatic carbocycles. The third-order valence-corrected chi connectivity index (χ3v) is 4.12. The van der Waals surface area contributed by atoms with Crippen molar-refractivity contribution >= 4 is 11.6 Å². The quantitative estimate of drug-likeness (QED) is 0.940. The number of pyridine rings is 1.